The molecule has 3 aliphatic rings. The van der Waals surface area contributed by atoms with Gasteiger partial charge >= 0.3 is 0 Å². The first-order chi connectivity index (χ1) is 19.6. The fourth-order valence-corrected chi connectivity index (χ4v) is 5.93. The fourth-order valence-electron chi connectivity index (χ4n) is 5.93. The maximum Gasteiger partial charge on any atom is 0.288 e. The zero-order valence-corrected chi connectivity index (χ0v) is 22.8. The van der Waals surface area contributed by atoms with E-state index in [1.807, 2.05) is 54.3 Å². The second-order valence-corrected chi connectivity index (χ2v) is 10.5. The Morgan fingerprint density at radius 3 is 2.73 bits per heavy atom. The Morgan fingerprint density at radius 2 is 1.90 bits per heavy atom. The summed E-state index contributed by atoms with van der Waals surface area (Å²) in [7, 11) is 0. The highest BCUT2D eigenvalue weighted by molar-refractivity contribution is 5.92. The number of carbonyl (C=O) groups is 1. The van der Waals surface area contributed by atoms with Gasteiger partial charge in [0.1, 0.15) is 5.58 Å². The van der Waals surface area contributed by atoms with E-state index in [-0.39, 0.29) is 31.1 Å². The van der Waals surface area contributed by atoms with Crippen molar-refractivity contribution >= 4 is 16.9 Å². The highest BCUT2D eigenvalue weighted by atomic mass is 16.7. The van der Waals surface area contributed by atoms with Crippen LogP contribution in [-0.4, -0.2) is 73.3 Å². The first-order valence-electron chi connectivity index (χ1n) is 14.1. The van der Waals surface area contributed by atoms with Crippen LogP contribution in [0.1, 0.15) is 36.8 Å². The molecule has 1 saturated heterocycles. The molecular weight excluding hydrogens is 512 g/mol. The quantitative estimate of drug-likeness (QED) is 0.424. The van der Waals surface area contributed by atoms with Crippen molar-refractivity contribution in [2.24, 2.45) is 5.92 Å². The number of furan rings is 1. The lowest BCUT2D eigenvalue weighted by Crippen LogP contribution is -2.49. The lowest BCUT2D eigenvalue weighted by atomic mass is 9.80. The number of nitrogens with zero attached hydrogens (tertiary/aromatic N) is 2. The van der Waals surface area contributed by atoms with Crippen LogP contribution in [0.15, 0.2) is 65.0 Å². The smallest absolute Gasteiger partial charge is 0.288 e. The number of hydrogen-bond donors (Lipinski definition) is 1. The van der Waals surface area contributed by atoms with Crippen molar-refractivity contribution in [3.8, 4) is 11.5 Å². The van der Waals surface area contributed by atoms with Gasteiger partial charge in [-0.15, -0.1) is 0 Å². The van der Waals surface area contributed by atoms with Crippen LogP contribution < -0.4 is 9.47 Å². The normalized spacial score (nSPS) is 22.8. The molecule has 3 aliphatic heterocycles. The third kappa shape index (κ3) is 5.41. The van der Waals surface area contributed by atoms with Crippen LogP contribution in [-0.2, 0) is 20.8 Å². The average Bonchev–Trinajstić information content (AvgIpc) is 3.63. The monoisotopic (exact) mass is 548 g/mol. The molecule has 0 spiro atoms. The molecule has 0 aliphatic carbocycles. The van der Waals surface area contributed by atoms with E-state index in [2.05, 4.69) is 11.0 Å². The number of rotatable bonds is 9. The number of ether oxygens (including phenoxy) is 4. The van der Waals surface area contributed by atoms with Gasteiger partial charge in [-0.3, -0.25) is 9.69 Å². The van der Waals surface area contributed by atoms with Crippen molar-refractivity contribution in [1.29, 1.82) is 0 Å². The van der Waals surface area contributed by atoms with E-state index in [0.717, 1.165) is 53.2 Å². The number of aliphatic hydroxyl groups is 1. The van der Waals surface area contributed by atoms with Crippen LogP contribution >= 0.6 is 0 Å². The molecular formula is C31H36N2O7. The zero-order chi connectivity index (χ0) is 27.5. The minimum Gasteiger partial charge on any atom is -0.464 e. The van der Waals surface area contributed by atoms with E-state index >= 15 is 0 Å². The molecule has 40 heavy (non-hydrogen) atoms. The first kappa shape index (κ1) is 26.7. The van der Waals surface area contributed by atoms with E-state index in [0.29, 0.717) is 38.3 Å². The Bertz CT molecular complexity index is 1360. The predicted molar refractivity (Wildman–Crippen MR) is 148 cm³/mol. The number of carbonyl (C=O) groups excluding carboxylic acids is 1. The predicted octanol–water partition coefficient (Wildman–Crippen LogP) is 4.25. The SMILES string of the molecule is CCO[C@@H]1OC(C(=O)N2CCN(Cc3ccc4c(c3)OCO4)CC2)=C[C@H](c2coc3ccccc23)[C@H]1CCCO. The summed E-state index contributed by atoms with van der Waals surface area (Å²) >= 11 is 0. The van der Waals surface area contributed by atoms with Crippen molar-refractivity contribution in [2.75, 3.05) is 46.2 Å². The summed E-state index contributed by atoms with van der Waals surface area (Å²) in [5.41, 5.74) is 2.97. The van der Waals surface area contributed by atoms with Crippen molar-refractivity contribution in [1.82, 2.24) is 9.80 Å². The van der Waals surface area contributed by atoms with Crippen molar-refractivity contribution in [2.45, 2.75) is 38.5 Å². The molecule has 212 valence electrons. The molecule has 0 unspecified atom stereocenters. The molecule has 1 N–H and O–H groups in total. The van der Waals surface area contributed by atoms with E-state index in [9.17, 15) is 9.90 Å². The van der Waals surface area contributed by atoms with Crippen LogP contribution in [0, 0.1) is 5.92 Å². The summed E-state index contributed by atoms with van der Waals surface area (Å²) in [5.74, 6) is 1.55. The molecule has 3 aromatic rings. The molecule has 0 radical (unpaired) electrons. The third-order valence-electron chi connectivity index (χ3n) is 7.99. The van der Waals surface area contributed by atoms with Gasteiger partial charge in [0.05, 0.1) is 6.26 Å². The maximum absolute atomic E-state index is 13.8. The van der Waals surface area contributed by atoms with Gasteiger partial charge in [-0.1, -0.05) is 24.3 Å². The summed E-state index contributed by atoms with van der Waals surface area (Å²) in [4.78, 5) is 18.0. The van der Waals surface area contributed by atoms with E-state index in [4.69, 9.17) is 23.4 Å². The molecule has 2 aromatic carbocycles. The van der Waals surface area contributed by atoms with Crippen LogP contribution in [0.5, 0.6) is 11.5 Å². The second-order valence-electron chi connectivity index (χ2n) is 10.5. The van der Waals surface area contributed by atoms with E-state index in [1.165, 1.54) is 0 Å². The van der Waals surface area contributed by atoms with E-state index in [1.54, 1.807) is 6.26 Å². The molecule has 4 heterocycles. The number of benzene rings is 2. The summed E-state index contributed by atoms with van der Waals surface area (Å²) in [6, 6.07) is 14.0. The van der Waals surface area contributed by atoms with Gasteiger partial charge in [-0.2, -0.15) is 0 Å². The summed E-state index contributed by atoms with van der Waals surface area (Å²) in [6.07, 6.45) is 4.44. The molecule has 9 heteroatoms. The average molecular weight is 549 g/mol. The molecule has 0 bridgehead atoms. The van der Waals surface area contributed by atoms with Crippen molar-refractivity contribution in [3.05, 3.63) is 71.7 Å². The van der Waals surface area contributed by atoms with Crippen LogP contribution in [0.2, 0.25) is 0 Å². The zero-order valence-electron chi connectivity index (χ0n) is 22.8. The van der Waals surface area contributed by atoms with Gasteiger partial charge in [-0.25, -0.2) is 0 Å². The third-order valence-corrected chi connectivity index (χ3v) is 7.99. The summed E-state index contributed by atoms with van der Waals surface area (Å²) in [6.45, 7) is 6.25. The number of allylic oxidation sites excluding steroid dienone is 1. The Kier molecular flexibility index (Phi) is 7.95. The molecule has 1 aromatic heterocycles. The summed E-state index contributed by atoms with van der Waals surface area (Å²) in [5, 5.41) is 10.6. The Balaban J connectivity index is 1.19. The Morgan fingerprint density at radius 1 is 1.07 bits per heavy atom. The van der Waals surface area contributed by atoms with Gasteiger partial charge in [0.15, 0.2) is 17.3 Å². The van der Waals surface area contributed by atoms with Crippen LogP contribution in [0.4, 0.5) is 0 Å². The van der Waals surface area contributed by atoms with Crippen molar-refractivity contribution < 1.29 is 33.3 Å². The van der Waals surface area contributed by atoms with Gasteiger partial charge in [0, 0.05) is 68.7 Å². The van der Waals surface area contributed by atoms with Gasteiger partial charge < -0.3 is 33.4 Å². The number of piperazine rings is 1. The van der Waals surface area contributed by atoms with Crippen LogP contribution in [0.3, 0.4) is 0 Å². The first-order valence-corrected chi connectivity index (χ1v) is 14.1. The number of para-hydroxylation sites is 1. The van der Waals surface area contributed by atoms with Gasteiger partial charge in [-0.05, 0) is 49.6 Å². The minimum absolute atomic E-state index is 0.0665. The molecule has 3 atom stereocenters. The maximum atomic E-state index is 13.8. The number of hydrogen-bond acceptors (Lipinski definition) is 8. The standard InChI is InChI=1S/C31H36N2O7/c1-2-36-31-23(7-5-15-34)24(25-19-37-26-8-4-3-6-22(25)26)17-29(40-31)30(35)33-13-11-32(12-14-33)18-21-9-10-27-28(16-21)39-20-38-27/h3-4,6,8-10,16-17,19,23-24,31,34H,2,5,7,11-15,18,20H2,1H3/t23-,24+,31-/m1/s1. The highest BCUT2D eigenvalue weighted by Gasteiger charge is 2.40. The molecule has 1 fully saturated rings. The number of aliphatic hydroxyl groups excluding tert-OH is 1. The highest BCUT2D eigenvalue weighted by Crippen LogP contribution is 2.42. The fraction of sp³-hybridized carbons (Fsp3) is 0.452. The lowest BCUT2D eigenvalue weighted by molar-refractivity contribution is -0.171. The largest absolute Gasteiger partial charge is 0.464 e. The number of fused-ring (bicyclic) bond motifs is 2. The molecule has 6 rings (SSSR count). The number of amides is 1. The Labute approximate surface area is 233 Å². The minimum atomic E-state index is -0.591. The van der Waals surface area contributed by atoms with E-state index < -0.39 is 6.29 Å². The van der Waals surface area contributed by atoms with Gasteiger partial charge in [0.2, 0.25) is 13.1 Å². The Hall–Kier alpha value is -3.53. The molecule has 0 saturated carbocycles. The van der Waals surface area contributed by atoms with Crippen molar-refractivity contribution in [3.63, 3.8) is 0 Å². The molecule has 1 amide bonds. The topological polar surface area (TPSA) is 93.8 Å². The van der Waals surface area contributed by atoms with Gasteiger partial charge in [0.25, 0.3) is 5.91 Å². The lowest BCUT2D eigenvalue weighted by Gasteiger charge is -2.39. The molecule has 9 nitrogen and oxygen atoms in total. The summed E-state index contributed by atoms with van der Waals surface area (Å²) < 4.78 is 29.1. The second kappa shape index (κ2) is 11.9. The van der Waals surface area contributed by atoms with Crippen LogP contribution in [0.25, 0.3) is 11.0 Å².